The molecule has 3 nitrogen and oxygen atoms in total. The van der Waals surface area contributed by atoms with E-state index < -0.39 is 0 Å². The van der Waals surface area contributed by atoms with Crippen LogP contribution >= 0.6 is 0 Å². The van der Waals surface area contributed by atoms with Gasteiger partial charge in [-0.25, -0.2) is 0 Å². The molecule has 0 unspecified atom stereocenters. The van der Waals surface area contributed by atoms with E-state index in [4.69, 9.17) is 0 Å². The number of benzene rings is 1. The Morgan fingerprint density at radius 1 is 1.25 bits per heavy atom. The van der Waals surface area contributed by atoms with Crippen LogP contribution in [0.2, 0.25) is 0 Å². The van der Waals surface area contributed by atoms with Crippen molar-refractivity contribution in [2.24, 2.45) is 5.41 Å². The highest BCUT2D eigenvalue weighted by atomic mass is 16.3. The molecule has 1 saturated carbocycles. The third-order valence-electron chi connectivity index (χ3n) is 4.37. The molecule has 0 bridgehead atoms. The molecule has 0 radical (unpaired) electrons. The van der Waals surface area contributed by atoms with Crippen molar-refractivity contribution >= 4 is 5.91 Å². The minimum Gasteiger partial charge on any atom is -0.394 e. The van der Waals surface area contributed by atoms with Gasteiger partial charge in [0, 0.05) is 6.42 Å². The van der Waals surface area contributed by atoms with Crippen molar-refractivity contribution in [1.29, 1.82) is 0 Å². The molecule has 1 aromatic carbocycles. The second kappa shape index (κ2) is 6.89. The first-order chi connectivity index (χ1) is 9.63. The molecule has 0 heterocycles. The van der Waals surface area contributed by atoms with Crippen LogP contribution in [0.1, 0.15) is 57.1 Å². The highest BCUT2D eigenvalue weighted by Crippen LogP contribution is 2.38. The van der Waals surface area contributed by atoms with Crippen molar-refractivity contribution in [3.05, 3.63) is 35.9 Å². The van der Waals surface area contributed by atoms with Crippen LogP contribution in [0.4, 0.5) is 0 Å². The van der Waals surface area contributed by atoms with E-state index >= 15 is 0 Å². The first-order valence-electron chi connectivity index (χ1n) is 7.58. The zero-order valence-electron chi connectivity index (χ0n) is 12.3. The summed E-state index contributed by atoms with van der Waals surface area (Å²) in [6.07, 6.45) is 6.58. The van der Waals surface area contributed by atoms with Crippen LogP contribution in [0.3, 0.4) is 0 Å². The van der Waals surface area contributed by atoms with Crippen LogP contribution in [-0.4, -0.2) is 17.6 Å². The van der Waals surface area contributed by atoms with Crippen molar-refractivity contribution < 1.29 is 9.90 Å². The van der Waals surface area contributed by atoms with Crippen molar-refractivity contribution in [3.63, 3.8) is 0 Å². The summed E-state index contributed by atoms with van der Waals surface area (Å²) in [4.78, 5) is 12.2. The number of carbonyl (C=O) groups is 1. The molecule has 1 aliphatic carbocycles. The van der Waals surface area contributed by atoms with Gasteiger partial charge in [-0.1, -0.05) is 56.5 Å². The number of nitrogens with one attached hydrogen (secondary N) is 1. The Kier molecular flexibility index (Phi) is 5.18. The molecule has 1 aliphatic rings. The van der Waals surface area contributed by atoms with Crippen LogP contribution in [0.15, 0.2) is 30.3 Å². The van der Waals surface area contributed by atoms with E-state index in [0.717, 1.165) is 18.4 Å². The Hall–Kier alpha value is -1.35. The zero-order valence-corrected chi connectivity index (χ0v) is 12.3. The minimum absolute atomic E-state index is 0.0531. The SMILES string of the molecule is CC1(CC(=O)N[C@H](CO)c2ccccc2)CCCCC1. The van der Waals surface area contributed by atoms with Gasteiger partial charge < -0.3 is 10.4 Å². The van der Waals surface area contributed by atoms with Gasteiger partial charge in [-0.2, -0.15) is 0 Å². The number of carbonyl (C=O) groups excluding carboxylic acids is 1. The Morgan fingerprint density at radius 3 is 2.50 bits per heavy atom. The summed E-state index contributed by atoms with van der Waals surface area (Å²) in [6, 6.07) is 9.35. The van der Waals surface area contributed by atoms with Gasteiger partial charge in [0.1, 0.15) is 0 Å². The maximum atomic E-state index is 12.2. The van der Waals surface area contributed by atoms with Gasteiger partial charge in [-0.05, 0) is 23.8 Å². The molecule has 3 heteroatoms. The van der Waals surface area contributed by atoms with Crippen molar-refractivity contribution in [2.75, 3.05) is 6.61 Å². The maximum Gasteiger partial charge on any atom is 0.221 e. The lowest BCUT2D eigenvalue weighted by Crippen LogP contribution is -2.35. The molecule has 2 rings (SSSR count). The van der Waals surface area contributed by atoms with Crippen molar-refractivity contribution in [1.82, 2.24) is 5.32 Å². The molecule has 1 atom stereocenters. The second-order valence-corrected chi connectivity index (χ2v) is 6.26. The van der Waals surface area contributed by atoms with E-state index in [1.807, 2.05) is 30.3 Å². The Labute approximate surface area is 121 Å². The van der Waals surface area contributed by atoms with E-state index in [-0.39, 0.29) is 24.0 Å². The Bertz CT molecular complexity index is 424. The van der Waals surface area contributed by atoms with E-state index in [9.17, 15) is 9.90 Å². The van der Waals surface area contributed by atoms with Gasteiger partial charge in [0.15, 0.2) is 0 Å². The average Bonchev–Trinajstić information content (AvgIpc) is 2.46. The first-order valence-corrected chi connectivity index (χ1v) is 7.58. The lowest BCUT2D eigenvalue weighted by atomic mass is 9.73. The molecule has 2 N–H and O–H groups in total. The fourth-order valence-electron chi connectivity index (χ4n) is 3.13. The number of amides is 1. The van der Waals surface area contributed by atoms with Gasteiger partial charge in [-0.3, -0.25) is 4.79 Å². The van der Waals surface area contributed by atoms with E-state index in [1.165, 1.54) is 19.3 Å². The highest BCUT2D eigenvalue weighted by molar-refractivity contribution is 5.77. The number of hydrogen-bond acceptors (Lipinski definition) is 2. The number of rotatable bonds is 5. The molecule has 0 aromatic heterocycles. The fourth-order valence-corrected chi connectivity index (χ4v) is 3.13. The summed E-state index contributed by atoms with van der Waals surface area (Å²) >= 11 is 0. The highest BCUT2D eigenvalue weighted by Gasteiger charge is 2.30. The molecule has 1 fully saturated rings. The summed E-state index contributed by atoms with van der Waals surface area (Å²) in [5.74, 6) is 0.0531. The monoisotopic (exact) mass is 275 g/mol. The van der Waals surface area contributed by atoms with Gasteiger partial charge in [0.05, 0.1) is 12.6 Å². The molecule has 0 spiro atoms. The molecular weight excluding hydrogens is 250 g/mol. The molecular formula is C17H25NO2. The third-order valence-corrected chi connectivity index (χ3v) is 4.37. The van der Waals surface area contributed by atoms with Crippen LogP contribution in [0.25, 0.3) is 0 Å². The molecule has 110 valence electrons. The number of aliphatic hydroxyl groups excluding tert-OH is 1. The molecule has 1 aromatic rings. The molecule has 1 amide bonds. The van der Waals surface area contributed by atoms with E-state index in [0.29, 0.717) is 6.42 Å². The normalized spacial score (nSPS) is 19.3. The second-order valence-electron chi connectivity index (χ2n) is 6.26. The van der Waals surface area contributed by atoms with E-state index in [1.54, 1.807) is 0 Å². The van der Waals surface area contributed by atoms with Crippen LogP contribution < -0.4 is 5.32 Å². The lowest BCUT2D eigenvalue weighted by molar-refractivity contribution is -0.124. The molecule has 0 saturated heterocycles. The predicted octanol–water partition coefficient (Wildman–Crippen LogP) is 3.20. The molecule has 0 aliphatic heterocycles. The van der Waals surface area contributed by atoms with E-state index in [2.05, 4.69) is 12.2 Å². The van der Waals surface area contributed by atoms with Gasteiger partial charge in [0.2, 0.25) is 5.91 Å². The Morgan fingerprint density at radius 2 is 1.90 bits per heavy atom. The number of hydrogen-bond donors (Lipinski definition) is 2. The summed E-state index contributed by atoms with van der Waals surface area (Å²) in [7, 11) is 0. The maximum absolute atomic E-state index is 12.2. The summed E-state index contributed by atoms with van der Waals surface area (Å²) in [5.41, 5.74) is 1.09. The average molecular weight is 275 g/mol. The Balaban J connectivity index is 1.92. The number of aliphatic hydroxyl groups is 1. The van der Waals surface area contributed by atoms with Crippen molar-refractivity contribution in [2.45, 2.75) is 51.5 Å². The summed E-state index contributed by atoms with van der Waals surface area (Å²) < 4.78 is 0. The summed E-state index contributed by atoms with van der Waals surface area (Å²) in [5, 5.41) is 12.5. The van der Waals surface area contributed by atoms with Crippen LogP contribution in [-0.2, 0) is 4.79 Å². The standard InChI is InChI=1S/C17H25NO2/c1-17(10-6-3-7-11-17)12-16(20)18-15(13-19)14-8-4-2-5-9-14/h2,4-5,8-9,15,19H,3,6-7,10-13H2,1H3,(H,18,20)/t15-/m1/s1. The van der Waals surface area contributed by atoms with Gasteiger partial charge in [0.25, 0.3) is 0 Å². The van der Waals surface area contributed by atoms with Crippen molar-refractivity contribution in [3.8, 4) is 0 Å². The lowest BCUT2D eigenvalue weighted by Gasteiger charge is -2.33. The van der Waals surface area contributed by atoms with Gasteiger partial charge in [-0.15, -0.1) is 0 Å². The first kappa shape index (κ1) is 15.0. The topological polar surface area (TPSA) is 49.3 Å². The van der Waals surface area contributed by atoms with Gasteiger partial charge >= 0.3 is 0 Å². The summed E-state index contributed by atoms with van der Waals surface area (Å²) in [6.45, 7) is 2.15. The third kappa shape index (κ3) is 4.07. The smallest absolute Gasteiger partial charge is 0.221 e. The minimum atomic E-state index is -0.295. The zero-order chi connectivity index (χ0) is 14.4. The van der Waals surface area contributed by atoms with Crippen LogP contribution in [0.5, 0.6) is 0 Å². The quantitative estimate of drug-likeness (QED) is 0.867. The largest absolute Gasteiger partial charge is 0.394 e. The van der Waals surface area contributed by atoms with Crippen LogP contribution in [0, 0.1) is 5.41 Å². The molecule has 20 heavy (non-hydrogen) atoms. The fraction of sp³-hybridized carbons (Fsp3) is 0.588. The predicted molar refractivity (Wildman–Crippen MR) is 80.2 cm³/mol.